The van der Waals surface area contributed by atoms with Crippen LogP contribution in [0.1, 0.15) is 6.92 Å². The summed E-state index contributed by atoms with van der Waals surface area (Å²) in [6.45, 7) is 2.63. The predicted octanol–water partition coefficient (Wildman–Crippen LogP) is 0.944. The zero-order chi connectivity index (χ0) is 17.0. The second-order valence-electron chi connectivity index (χ2n) is 5.70. The number of carbonyl (C=O) groups is 2. The molecular weight excluding hydrogens is 298 g/mol. The number of hydrogen-bond acceptors (Lipinski definition) is 4. The Morgan fingerprint density at radius 3 is 2.43 bits per heavy atom. The van der Waals surface area contributed by atoms with Gasteiger partial charge in [0.15, 0.2) is 11.5 Å². The third-order valence-electron chi connectivity index (χ3n) is 3.65. The average Bonchev–Trinajstić information content (AvgIpc) is 2.49. The van der Waals surface area contributed by atoms with Gasteiger partial charge in [-0.05, 0) is 19.1 Å². The van der Waals surface area contributed by atoms with Crippen molar-refractivity contribution in [3.63, 3.8) is 0 Å². The molecule has 1 heterocycles. The Bertz CT molecular complexity index is 570. The molecule has 1 fully saturated rings. The van der Waals surface area contributed by atoms with Gasteiger partial charge in [-0.3, -0.25) is 4.79 Å². The van der Waals surface area contributed by atoms with Crippen LogP contribution >= 0.6 is 0 Å². The largest absolute Gasteiger partial charge is 0.493 e. The molecule has 2 rings (SSSR count). The molecule has 126 valence electrons. The number of likely N-dealkylation sites (tertiary alicyclic amines) is 1. The lowest BCUT2D eigenvalue weighted by molar-refractivity contribution is -0.130. The van der Waals surface area contributed by atoms with Crippen molar-refractivity contribution in [2.45, 2.75) is 19.1 Å². The van der Waals surface area contributed by atoms with Gasteiger partial charge in [-0.15, -0.1) is 0 Å². The van der Waals surface area contributed by atoms with Crippen LogP contribution in [0.15, 0.2) is 24.3 Å². The van der Waals surface area contributed by atoms with Crippen LogP contribution in [0.5, 0.6) is 11.5 Å². The number of methoxy groups -OCH3 is 1. The van der Waals surface area contributed by atoms with E-state index in [-0.39, 0.29) is 18.0 Å². The fraction of sp³-hybridized carbons (Fsp3) is 0.500. The lowest BCUT2D eigenvalue weighted by Crippen LogP contribution is -2.60. The van der Waals surface area contributed by atoms with Crippen LogP contribution < -0.4 is 14.8 Å². The molecule has 23 heavy (non-hydrogen) atoms. The molecule has 1 aliphatic heterocycles. The highest BCUT2D eigenvalue weighted by Gasteiger charge is 2.34. The van der Waals surface area contributed by atoms with Crippen LogP contribution in [0.2, 0.25) is 0 Å². The maximum atomic E-state index is 12.0. The maximum absolute atomic E-state index is 12.0. The Hall–Kier alpha value is -2.44. The van der Waals surface area contributed by atoms with Crippen LogP contribution in [0, 0.1) is 0 Å². The van der Waals surface area contributed by atoms with Gasteiger partial charge in [-0.1, -0.05) is 12.1 Å². The number of para-hydroxylation sites is 2. The number of urea groups is 1. The summed E-state index contributed by atoms with van der Waals surface area (Å²) < 4.78 is 11.1. The van der Waals surface area contributed by atoms with Crippen molar-refractivity contribution in [3.05, 3.63) is 24.3 Å². The number of likely N-dealkylation sites (N-methyl/N-ethyl adjacent to an activating group) is 1. The monoisotopic (exact) mass is 321 g/mol. The van der Waals surface area contributed by atoms with Crippen LogP contribution in [0.25, 0.3) is 0 Å². The van der Waals surface area contributed by atoms with E-state index in [1.807, 2.05) is 24.3 Å². The molecule has 1 aromatic rings. The summed E-state index contributed by atoms with van der Waals surface area (Å²) in [5.74, 6) is 1.19. The molecule has 7 heteroatoms. The van der Waals surface area contributed by atoms with Gasteiger partial charge in [0.25, 0.3) is 0 Å². The molecule has 1 aromatic carbocycles. The first-order chi connectivity index (χ1) is 10.9. The fourth-order valence-electron chi connectivity index (χ4n) is 2.30. The van der Waals surface area contributed by atoms with E-state index in [1.54, 1.807) is 33.0 Å². The first kappa shape index (κ1) is 16.9. The van der Waals surface area contributed by atoms with Gasteiger partial charge >= 0.3 is 6.03 Å². The van der Waals surface area contributed by atoms with E-state index in [0.717, 1.165) is 0 Å². The highest BCUT2D eigenvalue weighted by atomic mass is 16.5. The minimum Gasteiger partial charge on any atom is -0.493 e. The Morgan fingerprint density at radius 2 is 1.87 bits per heavy atom. The molecule has 1 aliphatic rings. The van der Waals surface area contributed by atoms with Crippen molar-refractivity contribution in [3.8, 4) is 11.5 Å². The van der Waals surface area contributed by atoms with Gasteiger partial charge in [0, 0.05) is 14.1 Å². The second-order valence-corrected chi connectivity index (χ2v) is 5.70. The number of benzene rings is 1. The summed E-state index contributed by atoms with van der Waals surface area (Å²) in [5, 5.41) is 2.69. The minimum absolute atomic E-state index is 0.0723. The zero-order valence-electron chi connectivity index (χ0n) is 13.9. The molecule has 1 atom stereocenters. The van der Waals surface area contributed by atoms with Crippen molar-refractivity contribution in [2.24, 2.45) is 0 Å². The zero-order valence-corrected chi connectivity index (χ0v) is 13.9. The number of amides is 3. The Balaban J connectivity index is 1.80. The molecule has 0 saturated carbocycles. The summed E-state index contributed by atoms with van der Waals surface area (Å²) in [5.41, 5.74) is 0. The Labute approximate surface area is 136 Å². The van der Waals surface area contributed by atoms with Gasteiger partial charge in [-0.2, -0.15) is 0 Å². The van der Waals surface area contributed by atoms with Crippen LogP contribution in [0.3, 0.4) is 0 Å². The molecule has 0 bridgehead atoms. The van der Waals surface area contributed by atoms with E-state index in [0.29, 0.717) is 24.6 Å². The summed E-state index contributed by atoms with van der Waals surface area (Å²) in [7, 11) is 4.91. The van der Waals surface area contributed by atoms with E-state index in [9.17, 15) is 9.59 Å². The summed E-state index contributed by atoms with van der Waals surface area (Å²) >= 11 is 0. The minimum atomic E-state index is -0.549. The maximum Gasteiger partial charge on any atom is 0.318 e. The van der Waals surface area contributed by atoms with Crippen LogP contribution in [-0.4, -0.2) is 68.2 Å². The number of ether oxygens (including phenoxy) is 2. The van der Waals surface area contributed by atoms with Crippen molar-refractivity contribution in [2.75, 3.05) is 34.3 Å². The molecule has 0 unspecified atom stereocenters. The van der Waals surface area contributed by atoms with E-state index in [4.69, 9.17) is 9.47 Å². The molecule has 0 radical (unpaired) electrons. The first-order valence-corrected chi connectivity index (χ1v) is 7.48. The number of nitrogens with one attached hydrogen (secondary N) is 1. The normalized spacial score (nSPS) is 15.4. The van der Waals surface area contributed by atoms with Gasteiger partial charge < -0.3 is 24.6 Å². The predicted molar refractivity (Wildman–Crippen MR) is 85.7 cm³/mol. The molecular formula is C16H23N3O4. The third kappa shape index (κ3) is 4.06. The first-order valence-electron chi connectivity index (χ1n) is 7.48. The lowest BCUT2D eigenvalue weighted by Gasteiger charge is -2.39. The van der Waals surface area contributed by atoms with Gasteiger partial charge in [0.1, 0.15) is 12.1 Å². The van der Waals surface area contributed by atoms with Crippen LogP contribution in [-0.2, 0) is 4.79 Å². The lowest BCUT2D eigenvalue weighted by atomic mass is 10.1. The van der Waals surface area contributed by atoms with Crippen molar-refractivity contribution in [1.29, 1.82) is 0 Å². The SMILES string of the molecule is COc1ccccc1OC1CN(C(=O)N[C@H](C)C(=O)N(C)C)C1. The fourth-order valence-corrected chi connectivity index (χ4v) is 2.30. The number of hydrogen-bond donors (Lipinski definition) is 1. The number of carbonyl (C=O) groups excluding carboxylic acids is 2. The van der Waals surface area contributed by atoms with E-state index in [1.165, 1.54) is 4.90 Å². The van der Waals surface area contributed by atoms with E-state index in [2.05, 4.69) is 5.32 Å². The topological polar surface area (TPSA) is 71.1 Å². The van der Waals surface area contributed by atoms with Crippen molar-refractivity contribution < 1.29 is 19.1 Å². The third-order valence-corrected chi connectivity index (χ3v) is 3.65. The molecule has 0 spiro atoms. The quantitative estimate of drug-likeness (QED) is 0.876. The van der Waals surface area contributed by atoms with Gasteiger partial charge in [-0.25, -0.2) is 4.79 Å². The van der Waals surface area contributed by atoms with E-state index >= 15 is 0 Å². The highest BCUT2D eigenvalue weighted by Crippen LogP contribution is 2.28. The molecule has 1 saturated heterocycles. The van der Waals surface area contributed by atoms with Crippen molar-refractivity contribution >= 4 is 11.9 Å². The summed E-state index contributed by atoms with van der Waals surface area (Å²) in [6, 6.07) is 6.59. The number of nitrogens with zero attached hydrogens (tertiary/aromatic N) is 2. The molecule has 1 N–H and O–H groups in total. The summed E-state index contributed by atoms with van der Waals surface area (Å²) in [6.07, 6.45) is -0.0723. The molecule has 3 amide bonds. The van der Waals surface area contributed by atoms with Gasteiger partial charge in [0.2, 0.25) is 5.91 Å². The molecule has 0 aliphatic carbocycles. The summed E-state index contributed by atoms with van der Waals surface area (Å²) in [4.78, 5) is 26.8. The molecule has 7 nitrogen and oxygen atoms in total. The van der Waals surface area contributed by atoms with Crippen molar-refractivity contribution in [1.82, 2.24) is 15.1 Å². The Kier molecular flexibility index (Phi) is 5.31. The second kappa shape index (κ2) is 7.21. The highest BCUT2D eigenvalue weighted by molar-refractivity contribution is 5.86. The van der Waals surface area contributed by atoms with E-state index < -0.39 is 6.04 Å². The Morgan fingerprint density at radius 1 is 1.26 bits per heavy atom. The van der Waals surface area contributed by atoms with Crippen LogP contribution in [0.4, 0.5) is 4.79 Å². The standard InChI is InChI=1S/C16H23N3O4/c1-11(15(20)18(2)3)17-16(21)19-9-12(10-19)23-14-8-6-5-7-13(14)22-4/h5-8,11-12H,9-10H2,1-4H3,(H,17,21)/t11-/m1/s1. The molecule has 0 aromatic heterocycles. The average molecular weight is 321 g/mol. The number of rotatable bonds is 5. The van der Waals surface area contributed by atoms with Gasteiger partial charge in [0.05, 0.1) is 20.2 Å². The smallest absolute Gasteiger partial charge is 0.318 e.